The van der Waals surface area contributed by atoms with Crippen LogP contribution < -0.4 is 10.6 Å². The van der Waals surface area contributed by atoms with Gasteiger partial charge < -0.3 is 15.2 Å². The third-order valence-electron chi connectivity index (χ3n) is 4.04. The minimum Gasteiger partial charge on any atom is -0.357 e. The van der Waals surface area contributed by atoms with Gasteiger partial charge in [-0.3, -0.25) is 0 Å². The van der Waals surface area contributed by atoms with Crippen molar-refractivity contribution in [3.63, 3.8) is 0 Å². The van der Waals surface area contributed by atoms with Gasteiger partial charge in [-0.1, -0.05) is 12.1 Å². The molecule has 2 aromatic rings. The molecule has 2 N–H and O–H groups in total. The van der Waals surface area contributed by atoms with Gasteiger partial charge in [-0.25, -0.2) is 14.4 Å². The Bertz CT molecular complexity index is 693. The molecule has 0 aliphatic rings. The van der Waals surface area contributed by atoms with Crippen LogP contribution in [-0.4, -0.2) is 28.6 Å². The van der Waals surface area contributed by atoms with Crippen molar-refractivity contribution >= 4 is 5.96 Å². The number of unbranched alkanes of at least 4 members (excludes halogenated alkanes) is 1. The molecule has 0 spiro atoms. The molecule has 5 nitrogen and oxygen atoms in total. The van der Waals surface area contributed by atoms with Crippen molar-refractivity contribution in [1.29, 1.82) is 0 Å². The lowest BCUT2D eigenvalue weighted by molar-refractivity contribution is 0.588. The summed E-state index contributed by atoms with van der Waals surface area (Å²) in [7, 11) is 0. The molecule has 25 heavy (non-hydrogen) atoms. The molecule has 136 valence electrons. The highest BCUT2D eigenvalue weighted by Crippen LogP contribution is 2.10. The van der Waals surface area contributed by atoms with Gasteiger partial charge in [0.25, 0.3) is 0 Å². The monoisotopic (exact) mass is 345 g/mol. The first-order chi connectivity index (χ1) is 12.1. The largest absolute Gasteiger partial charge is 0.357 e. The van der Waals surface area contributed by atoms with E-state index < -0.39 is 0 Å². The predicted molar refractivity (Wildman–Crippen MR) is 100 cm³/mol. The average molecular weight is 345 g/mol. The maximum absolute atomic E-state index is 13.6. The zero-order valence-electron chi connectivity index (χ0n) is 15.3. The van der Waals surface area contributed by atoms with E-state index in [9.17, 15) is 4.39 Å². The van der Waals surface area contributed by atoms with Gasteiger partial charge in [0, 0.05) is 32.0 Å². The van der Waals surface area contributed by atoms with E-state index in [1.165, 1.54) is 0 Å². The molecular weight excluding hydrogens is 317 g/mol. The summed E-state index contributed by atoms with van der Waals surface area (Å²) in [6.45, 7) is 8.89. The highest BCUT2D eigenvalue weighted by atomic mass is 19.1. The molecule has 0 saturated carbocycles. The van der Waals surface area contributed by atoms with Gasteiger partial charge >= 0.3 is 0 Å². The summed E-state index contributed by atoms with van der Waals surface area (Å²) in [4.78, 5) is 8.75. The van der Waals surface area contributed by atoms with Crippen molar-refractivity contribution in [3.8, 4) is 0 Å². The molecule has 6 heteroatoms. The first-order valence-electron chi connectivity index (χ1n) is 8.85. The maximum Gasteiger partial charge on any atom is 0.191 e. The van der Waals surface area contributed by atoms with Gasteiger partial charge in [0.15, 0.2) is 5.96 Å². The van der Waals surface area contributed by atoms with Crippen LogP contribution in [0.1, 0.15) is 36.7 Å². The Labute approximate surface area is 149 Å². The van der Waals surface area contributed by atoms with Crippen molar-refractivity contribution < 1.29 is 4.39 Å². The predicted octanol–water partition coefficient (Wildman–Crippen LogP) is 3.17. The standard InChI is InChI=1S/C19H28FN5/c1-4-21-19(24-14-17-8-7-15(2)18(20)13-17)23-9-5-6-11-25-12-10-22-16(25)3/h7-8,10,12-13H,4-6,9,11,14H2,1-3H3,(H2,21,23,24). The number of halogens is 1. The molecule has 0 atom stereocenters. The highest BCUT2D eigenvalue weighted by Gasteiger charge is 2.01. The number of nitrogens with one attached hydrogen (secondary N) is 2. The average Bonchev–Trinajstić information content (AvgIpc) is 3.00. The maximum atomic E-state index is 13.6. The Hall–Kier alpha value is -2.37. The summed E-state index contributed by atoms with van der Waals surface area (Å²) < 4.78 is 15.8. The van der Waals surface area contributed by atoms with Gasteiger partial charge in [0.1, 0.15) is 11.6 Å². The summed E-state index contributed by atoms with van der Waals surface area (Å²) >= 11 is 0. The van der Waals surface area contributed by atoms with Crippen LogP contribution in [0.4, 0.5) is 4.39 Å². The Balaban J connectivity index is 1.77. The second kappa shape index (κ2) is 9.81. The minimum atomic E-state index is -0.180. The van der Waals surface area contributed by atoms with Crippen LogP contribution in [0, 0.1) is 19.7 Å². The molecule has 2 rings (SSSR count). The molecule has 1 heterocycles. The van der Waals surface area contributed by atoms with Gasteiger partial charge in [-0.05, 0) is 50.8 Å². The van der Waals surface area contributed by atoms with E-state index in [1.54, 1.807) is 19.1 Å². The number of guanidine groups is 1. The fourth-order valence-electron chi connectivity index (χ4n) is 2.50. The first kappa shape index (κ1) is 19.0. The van der Waals surface area contributed by atoms with Crippen LogP contribution in [0.5, 0.6) is 0 Å². The SMILES string of the molecule is CCNC(=NCc1ccc(C)c(F)c1)NCCCCn1ccnc1C. The van der Waals surface area contributed by atoms with Gasteiger partial charge in [0.2, 0.25) is 0 Å². The Morgan fingerprint density at radius 3 is 2.76 bits per heavy atom. The van der Waals surface area contributed by atoms with Crippen LogP contribution in [0.25, 0.3) is 0 Å². The highest BCUT2D eigenvalue weighted by molar-refractivity contribution is 5.79. The summed E-state index contributed by atoms with van der Waals surface area (Å²) in [5.74, 6) is 1.64. The first-order valence-corrected chi connectivity index (χ1v) is 8.85. The third kappa shape index (κ3) is 6.21. The lowest BCUT2D eigenvalue weighted by Crippen LogP contribution is -2.37. The molecule has 0 amide bonds. The number of aromatic nitrogens is 2. The molecule has 1 aromatic heterocycles. The smallest absolute Gasteiger partial charge is 0.191 e. The van der Waals surface area contributed by atoms with Crippen molar-refractivity contribution in [3.05, 3.63) is 53.4 Å². The summed E-state index contributed by atoms with van der Waals surface area (Å²) in [5, 5.41) is 6.55. The number of hydrogen-bond donors (Lipinski definition) is 2. The van der Waals surface area contributed by atoms with E-state index in [0.717, 1.165) is 49.8 Å². The molecule has 0 bridgehead atoms. The molecule has 0 radical (unpaired) electrons. The van der Waals surface area contributed by atoms with Gasteiger partial charge in [-0.15, -0.1) is 0 Å². The zero-order valence-corrected chi connectivity index (χ0v) is 15.3. The Kier molecular flexibility index (Phi) is 7.44. The minimum absolute atomic E-state index is 0.180. The summed E-state index contributed by atoms with van der Waals surface area (Å²) in [6.07, 6.45) is 5.96. The topological polar surface area (TPSA) is 54.2 Å². The van der Waals surface area contributed by atoms with Crippen LogP contribution in [-0.2, 0) is 13.1 Å². The summed E-state index contributed by atoms with van der Waals surface area (Å²) in [5.41, 5.74) is 1.53. The van der Waals surface area contributed by atoms with E-state index in [-0.39, 0.29) is 5.82 Å². The second-order valence-corrected chi connectivity index (χ2v) is 6.08. The molecule has 0 saturated heterocycles. The van der Waals surface area contributed by atoms with Crippen LogP contribution in [0.2, 0.25) is 0 Å². The van der Waals surface area contributed by atoms with E-state index in [0.29, 0.717) is 12.1 Å². The molecule has 0 aliphatic carbocycles. The number of aliphatic imine (C=N–C) groups is 1. The van der Waals surface area contributed by atoms with Gasteiger partial charge in [0.05, 0.1) is 6.54 Å². The molecule has 1 aromatic carbocycles. The van der Waals surface area contributed by atoms with Gasteiger partial charge in [-0.2, -0.15) is 0 Å². The molecule has 0 unspecified atom stereocenters. The lowest BCUT2D eigenvalue weighted by Gasteiger charge is -2.12. The quantitative estimate of drug-likeness (QED) is 0.439. The Morgan fingerprint density at radius 2 is 2.08 bits per heavy atom. The lowest BCUT2D eigenvalue weighted by atomic mass is 10.1. The molecular formula is C19H28FN5. The number of benzene rings is 1. The fourth-order valence-corrected chi connectivity index (χ4v) is 2.50. The summed E-state index contributed by atoms with van der Waals surface area (Å²) in [6, 6.07) is 5.26. The zero-order chi connectivity index (χ0) is 18.1. The molecule has 0 fully saturated rings. The normalized spacial score (nSPS) is 11.6. The van der Waals surface area contributed by atoms with E-state index in [4.69, 9.17) is 0 Å². The van der Waals surface area contributed by atoms with E-state index >= 15 is 0 Å². The van der Waals surface area contributed by atoms with Crippen molar-refractivity contribution in [2.45, 2.75) is 46.7 Å². The van der Waals surface area contributed by atoms with Crippen molar-refractivity contribution in [2.24, 2.45) is 4.99 Å². The van der Waals surface area contributed by atoms with E-state index in [2.05, 4.69) is 25.2 Å². The fraction of sp³-hybridized carbons (Fsp3) is 0.474. The third-order valence-corrected chi connectivity index (χ3v) is 4.04. The number of hydrogen-bond acceptors (Lipinski definition) is 2. The van der Waals surface area contributed by atoms with Crippen LogP contribution in [0.3, 0.4) is 0 Å². The number of imidazole rings is 1. The molecule has 0 aliphatic heterocycles. The number of nitrogens with zero attached hydrogens (tertiary/aromatic N) is 3. The van der Waals surface area contributed by atoms with Crippen LogP contribution >= 0.6 is 0 Å². The van der Waals surface area contributed by atoms with Crippen molar-refractivity contribution in [2.75, 3.05) is 13.1 Å². The van der Waals surface area contributed by atoms with Crippen LogP contribution in [0.15, 0.2) is 35.6 Å². The Morgan fingerprint density at radius 1 is 1.24 bits per heavy atom. The second-order valence-electron chi connectivity index (χ2n) is 6.08. The number of rotatable bonds is 8. The van der Waals surface area contributed by atoms with Crippen molar-refractivity contribution in [1.82, 2.24) is 20.2 Å². The van der Waals surface area contributed by atoms with E-state index in [1.807, 2.05) is 32.3 Å². The number of aryl methyl sites for hydroxylation is 3.